The molecule has 0 atom stereocenters. The van der Waals surface area contributed by atoms with Crippen LogP contribution in [0.1, 0.15) is 73.4 Å². The molecule has 0 aliphatic rings. The molecule has 12 nitrogen and oxygen atoms in total. The summed E-state index contributed by atoms with van der Waals surface area (Å²) < 4.78 is 25.9. The van der Waals surface area contributed by atoms with Gasteiger partial charge in [-0.2, -0.15) is 5.01 Å². The molecule has 14 heteroatoms. The fourth-order valence-corrected chi connectivity index (χ4v) is 11.6. The molecule has 3 heterocycles. The van der Waals surface area contributed by atoms with Gasteiger partial charge in [0, 0.05) is 11.6 Å². The Kier molecular flexibility index (Phi) is 11.7. The van der Waals surface area contributed by atoms with E-state index in [0.29, 0.717) is 34.9 Å². The van der Waals surface area contributed by atoms with Crippen LogP contribution in [0.25, 0.3) is 22.6 Å². The van der Waals surface area contributed by atoms with Gasteiger partial charge in [0.15, 0.2) is 5.82 Å². The van der Waals surface area contributed by atoms with Crippen LogP contribution in [0.2, 0.25) is 10.1 Å². The van der Waals surface area contributed by atoms with Crippen LogP contribution in [0.4, 0.5) is 15.4 Å². The third-order valence-electron chi connectivity index (χ3n) is 8.96. The lowest BCUT2D eigenvalue weighted by Crippen LogP contribution is -2.66. The van der Waals surface area contributed by atoms with Crippen LogP contribution < -0.4 is 20.8 Å². The second kappa shape index (κ2) is 16.2. The number of hydrogen-bond acceptors (Lipinski definition) is 9. The molecule has 0 aliphatic carbocycles. The summed E-state index contributed by atoms with van der Waals surface area (Å²) in [6, 6.07) is 32.1. The van der Waals surface area contributed by atoms with Crippen molar-refractivity contribution in [2.75, 3.05) is 5.01 Å². The number of carbonyl (C=O) groups is 2. The summed E-state index contributed by atoms with van der Waals surface area (Å²) in [5.74, 6) is 0.366. The fraction of sp³-hybridized carbons (Fsp3) is 0.326. The molecule has 0 fully saturated rings. The van der Waals surface area contributed by atoms with Crippen LogP contribution in [0.5, 0.6) is 0 Å². The number of fused-ring (bicyclic) bond motifs is 1. The minimum Gasteiger partial charge on any atom is -0.443 e. The molecule has 2 amide bonds. The maximum atomic E-state index is 13.4. The van der Waals surface area contributed by atoms with Crippen molar-refractivity contribution in [2.45, 2.75) is 91.7 Å². The van der Waals surface area contributed by atoms with E-state index in [2.05, 4.69) is 91.0 Å². The number of carbonyl (C=O) groups excluding carboxylic acids is 2. The highest BCUT2D eigenvalue weighted by Crippen LogP contribution is 2.38. The summed E-state index contributed by atoms with van der Waals surface area (Å²) in [4.78, 5) is 31.1. The number of nitrogens with zero attached hydrogens (tertiary/aromatic N) is 5. The lowest BCUT2D eigenvalue weighted by Gasteiger charge is -2.43. The van der Waals surface area contributed by atoms with Crippen LogP contribution in [-0.4, -0.2) is 51.5 Å². The van der Waals surface area contributed by atoms with Crippen molar-refractivity contribution in [1.82, 2.24) is 25.2 Å². The van der Waals surface area contributed by atoms with Crippen molar-refractivity contribution in [2.24, 2.45) is 0 Å². The molecular weight excluding hydrogens is 760 g/mol. The Morgan fingerprint density at radius 2 is 1.42 bits per heavy atom. The molecule has 298 valence electrons. The molecule has 0 radical (unpaired) electrons. The normalized spacial score (nSPS) is 12.4. The standard InChI is InChI=1S/C43H49ClN6O6Si/c1-41(2,3)55-39(51)48-50(40(52)56-42(4,5)6)37-21-20-35-34(46-37)25-36(38-47-45-28-53-38)49(35)26-29-22-30(24-31(44)23-29)27-54-57(43(7,8)9,32-16-12-10-13-17-32)33-18-14-11-15-19-33/h10-25,28H,26-27H2,1-9H3,(H,48,51). The molecule has 3 aromatic carbocycles. The highest BCUT2D eigenvalue weighted by atomic mass is 35.5. The van der Waals surface area contributed by atoms with Gasteiger partial charge in [-0.05, 0) is 98.4 Å². The number of benzene rings is 3. The van der Waals surface area contributed by atoms with E-state index < -0.39 is 31.7 Å². The van der Waals surface area contributed by atoms with Gasteiger partial charge in [0.1, 0.15) is 16.9 Å². The first kappa shape index (κ1) is 41.1. The number of hydrogen-bond donors (Lipinski definition) is 1. The Labute approximate surface area is 339 Å². The first-order chi connectivity index (χ1) is 26.8. The van der Waals surface area contributed by atoms with E-state index in [-0.39, 0.29) is 16.7 Å². The van der Waals surface area contributed by atoms with Crippen molar-refractivity contribution in [3.8, 4) is 11.6 Å². The molecule has 6 aromatic rings. The Morgan fingerprint density at radius 3 is 1.98 bits per heavy atom. The number of amides is 2. The fourth-order valence-electron chi connectivity index (χ4n) is 6.81. The zero-order valence-electron chi connectivity index (χ0n) is 33.8. The summed E-state index contributed by atoms with van der Waals surface area (Å²) in [5.41, 5.74) is 4.40. The first-order valence-corrected chi connectivity index (χ1v) is 20.9. The van der Waals surface area contributed by atoms with Crippen LogP contribution in [0.15, 0.2) is 108 Å². The molecule has 0 saturated heterocycles. The molecular formula is C43H49ClN6O6Si. The van der Waals surface area contributed by atoms with Gasteiger partial charge < -0.3 is 22.9 Å². The molecule has 0 spiro atoms. The Hall–Kier alpha value is -5.50. The summed E-state index contributed by atoms with van der Waals surface area (Å²) in [7, 11) is -2.83. The molecule has 0 aliphatic heterocycles. The van der Waals surface area contributed by atoms with Crippen molar-refractivity contribution in [3.63, 3.8) is 0 Å². The largest absolute Gasteiger partial charge is 0.443 e. The zero-order chi connectivity index (χ0) is 41.2. The quantitative estimate of drug-likeness (QED) is 0.112. The summed E-state index contributed by atoms with van der Waals surface area (Å²) in [6.45, 7) is 17.8. The van der Waals surface area contributed by atoms with Gasteiger partial charge in [0.25, 0.3) is 14.2 Å². The SMILES string of the molecule is CC(C)(C)OC(=O)NN(C(=O)OC(C)(C)C)c1ccc2c(cc(-c3nnco3)n2Cc2cc(Cl)cc(CO[Si](c3ccccc3)(c3ccccc3)C(C)(C)C)c2)n1. The van der Waals surface area contributed by atoms with Gasteiger partial charge in [-0.3, -0.25) is 0 Å². The van der Waals surface area contributed by atoms with Gasteiger partial charge in [-0.15, -0.1) is 10.2 Å². The minimum absolute atomic E-state index is 0.0994. The smallest absolute Gasteiger partial charge is 0.435 e. The number of anilines is 1. The van der Waals surface area contributed by atoms with Gasteiger partial charge >= 0.3 is 12.2 Å². The summed E-state index contributed by atoms with van der Waals surface area (Å²) in [5, 5.41) is 11.8. The summed E-state index contributed by atoms with van der Waals surface area (Å²) >= 11 is 6.83. The molecule has 0 bridgehead atoms. The topological polar surface area (TPSA) is 134 Å². The van der Waals surface area contributed by atoms with E-state index in [0.717, 1.165) is 16.1 Å². The van der Waals surface area contributed by atoms with E-state index >= 15 is 0 Å². The average Bonchev–Trinajstić information content (AvgIpc) is 3.78. The van der Waals surface area contributed by atoms with Gasteiger partial charge in [0.2, 0.25) is 6.39 Å². The highest BCUT2D eigenvalue weighted by Gasteiger charge is 2.50. The lowest BCUT2D eigenvalue weighted by molar-refractivity contribution is 0.0424. The van der Waals surface area contributed by atoms with Crippen molar-refractivity contribution in [3.05, 3.63) is 120 Å². The Balaban J connectivity index is 1.37. The Bertz CT molecular complexity index is 2290. The number of aromatic nitrogens is 4. The van der Waals surface area contributed by atoms with Crippen LogP contribution in [0.3, 0.4) is 0 Å². The van der Waals surface area contributed by atoms with Crippen molar-refractivity contribution < 1.29 is 27.9 Å². The highest BCUT2D eigenvalue weighted by molar-refractivity contribution is 6.99. The molecule has 6 rings (SSSR count). The molecule has 3 aromatic heterocycles. The number of halogens is 1. The predicted octanol–water partition coefficient (Wildman–Crippen LogP) is 9.05. The number of nitrogens with one attached hydrogen (secondary N) is 1. The number of pyridine rings is 1. The maximum Gasteiger partial charge on any atom is 0.435 e. The minimum atomic E-state index is -2.83. The molecule has 57 heavy (non-hydrogen) atoms. The third-order valence-corrected chi connectivity index (χ3v) is 14.2. The van der Waals surface area contributed by atoms with E-state index in [4.69, 9.17) is 34.9 Å². The van der Waals surface area contributed by atoms with Crippen LogP contribution in [0, 0.1) is 0 Å². The van der Waals surface area contributed by atoms with Crippen LogP contribution in [-0.2, 0) is 27.1 Å². The van der Waals surface area contributed by atoms with Crippen LogP contribution >= 0.6 is 11.6 Å². The zero-order valence-corrected chi connectivity index (χ0v) is 35.5. The van der Waals surface area contributed by atoms with E-state index in [9.17, 15) is 9.59 Å². The second-order valence-corrected chi connectivity index (χ2v) is 21.5. The number of hydrazine groups is 1. The van der Waals surface area contributed by atoms with Gasteiger partial charge in [0.05, 0.1) is 17.6 Å². The molecule has 0 unspecified atom stereocenters. The third kappa shape index (κ3) is 9.55. The predicted molar refractivity (Wildman–Crippen MR) is 224 cm³/mol. The van der Waals surface area contributed by atoms with Gasteiger partial charge in [-0.1, -0.05) is 99.1 Å². The monoisotopic (exact) mass is 808 g/mol. The molecule has 1 N–H and O–H groups in total. The first-order valence-electron chi connectivity index (χ1n) is 18.7. The maximum absolute atomic E-state index is 13.4. The van der Waals surface area contributed by atoms with E-state index in [1.807, 2.05) is 28.8 Å². The lowest BCUT2D eigenvalue weighted by atomic mass is 10.1. The van der Waals surface area contributed by atoms with Crippen molar-refractivity contribution >= 4 is 59.3 Å². The number of rotatable bonds is 9. The van der Waals surface area contributed by atoms with E-state index in [1.165, 1.54) is 16.8 Å². The average molecular weight is 809 g/mol. The summed E-state index contributed by atoms with van der Waals surface area (Å²) in [6.07, 6.45) is -0.441. The second-order valence-electron chi connectivity index (χ2n) is 16.8. The Morgan fingerprint density at radius 1 is 0.807 bits per heavy atom. The van der Waals surface area contributed by atoms with Crippen molar-refractivity contribution in [1.29, 1.82) is 0 Å². The molecule has 0 saturated carbocycles. The van der Waals surface area contributed by atoms with Gasteiger partial charge in [-0.25, -0.2) is 20.0 Å². The van der Waals surface area contributed by atoms with E-state index in [1.54, 1.807) is 59.7 Å². The number of ether oxygens (including phenoxy) is 2.